The van der Waals surface area contributed by atoms with Crippen molar-refractivity contribution in [3.8, 4) is 5.75 Å². The zero-order chi connectivity index (χ0) is 16.4. The topological polar surface area (TPSA) is 116 Å². The SMILES string of the molecule is COc1ccc(NS(=O)(=O)c2cccc(S(N)(=O)=O)c2)cc1. The summed E-state index contributed by atoms with van der Waals surface area (Å²) >= 11 is 0. The van der Waals surface area contributed by atoms with E-state index in [-0.39, 0.29) is 9.79 Å². The molecule has 0 saturated carbocycles. The van der Waals surface area contributed by atoms with Crippen LogP contribution < -0.4 is 14.6 Å². The second-order valence-corrected chi connectivity index (χ2v) is 7.60. The molecule has 0 aliphatic rings. The third-order valence-corrected chi connectivity index (χ3v) is 5.08. The first-order valence-corrected chi connectivity index (χ1v) is 9.05. The molecular weight excluding hydrogens is 328 g/mol. The van der Waals surface area contributed by atoms with Crippen molar-refractivity contribution in [2.45, 2.75) is 9.79 Å². The number of benzene rings is 2. The van der Waals surface area contributed by atoms with E-state index in [9.17, 15) is 16.8 Å². The van der Waals surface area contributed by atoms with Crippen LogP contribution >= 0.6 is 0 Å². The number of rotatable bonds is 5. The Labute approximate surface area is 128 Å². The Bertz CT molecular complexity index is 875. The highest BCUT2D eigenvalue weighted by Crippen LogP contribution is 2.20. The maximum absolute atomic E-state index is 12.3. The molecule has 2 rings (SSSR count). The average molecular weight is 342 g/mol. The highest BCUT2D eigenvalue weighted by Gasteiger charge is 2.17. The van der Waals surface area contributed by atoms with Crippen molar-refractivity contribution >= 4 is 25.7 Å². The zero-order valence-corrected chi connectivity index (χ0v) is 13.2. The molecular formula is C13H14N2O5S2. The smallest absolute Gasteiger partial charge is 0.261 e. The molecule has 0 aromatic heterocycles. The Kier molecular flexibility index (Phi) is 4.40. The first kappa shape index (κ1) is 16.3. The maximum atomic E-state index is 12.3. The summed E-state index contributed by atoms with van der Waals surface area (Å²) in [6.45, 7) is 0. The fraction of sp³-hybridized carbons (Fsp3) is 0.0769. The number of nitrogens with one attached hydrogen (secondary N) is 1. The second kappa shape index (κ2) is 5.95. The summed E-state index contributed by atoms with van der Waals surface area (Å²) in [7, 11) is -6.40. The van der Waals surface area contributed by atoms with Crippen molar-refractivity contribution in [1.82, 2.24) is 0 Å². The van der Waals surface area contributed by atoms with Gasteiger partial charge in [-0.1, -0.05) is 6.07 Å². The van der Waals surface area contributed by atoms with Crippen LogP contribution in [0.3, 0.4) is 0 Å². The molecule has 0 radical (unpaired) electrons. The van der Waals surface area contributed by atoms with Gasteiger partial charge in [-0.05, 0) is 42.5 Å². The van der Waals surface area contributed by atoms with Crippen LogP contribution in [0, 0.1) is 0 Å². The summed E-state index contributed by atoms with van der Waals surface area (Å²) in [5.41, 5.74) is 0.321. The Balaban J connectivity index is 2.34. The van der Waals surface area contributed by atoms with Crippen LogP contribution in [0.25, 0.3) is 0 Å². The number of primary sulfonamides is 1. The minimum atomic E-state index is -3.98. The monoisotopic (exact) mass is 342 g/mol. The average Bonchev–Trinajstić information content (AvgIpc) is 2.47. The first-order valence-electron chi connectivity index (χ1n) is 6.02. The lowest BCUT2D eigenvalue weighted by atomic mass is 10.3. The summed E-state index contributed by atoms with van der Waals surface area (Å²) in [5.74, 6) is 0.583. The van der Waals surface area contributed by atoms with Gasteiger partial charge in [0.05, 0.1) is 16.9 Å². The standard InChI is InChI=1S/C13H14N2O5S2/c1-20-11-7-5-10(6-8-11)15-22(18,19)13-4-2-3-12(9-13)21(14,16)17/h2-9,15H,1H3,(H2,14,16,17). The lowest BCUT2D eigenvalue weighted by Crippen LogP contribution is -2.16. The quantitative estimate of drug-likeness (QED) is 0.845. The summed E-state index contributed by atoms with van der Waals surface area (Å²) in [4.78, 5) is -0.472. The summed E-state index contributed by atoms with van der Waals surface area (Å²) < 4.78 is 54.4. The Morgan fingerprint density at radius 2 is 1.55 bits per heavy atom. The number of ether oxygens (including phenoxy) is 1. The third-order valence-electron chi connectivity index (χ3n) is 2.79. The molecule has 0 aliphatic heterocycles. The summed E-state index contributed by atoms with van der Waals surface area (Å²) in [6.07, 6.45) is 0. The molecule has 7 nitrogen and oxygen atoms in total. The van der Waals surface area contributed by atoms with E-state index >= 15 is 0 Å². The molecule has 2 aromatic carbocycles. The number of anilines is 1. The van der Waals surface area contributed by atoms with Crippen molar-refractivity contribution in [1.29, 1.82) is 0 Å². The van der Waals surface area contributed by atoms with Gasteiger partial charge in [-0.15, -0.1) is 0 Å². The van der Waals surface area contributed by atoms with Gasteiger partial charge in [-0.3, -0.25) is 4.72 Å². The van der Waals surface area contributed by atoms with Crippen LogP contribution in [0.2, 0.25) is 0 Å². The fourth-order valence-electron chi connectivity index (χ4n) is 1.69. The Hall–Kier alpha value is -2.10. The summed E-state index contributed by atoms with van der Waals surface area (Å²) in [5, 5.41) is 5.00. The van der Waals surface area contributed by atoms with Gasteiger partial charge in [0.25, 0.3) is 10.0 Å². The van der Waals surface area contributed by atoms with Gasteiger partial charge in [-0.25, -0.2) is 22.0 Å². The third kappa shape index (κ3) is 3.75. The predicted octanol–water partition coefficient (Wildman–Crippen LogP) is 1.14. The van der Waals surface area contributed by atoms with Crippen molar-refractivity contribution < 1.29 is 21.6 Å². The number of methoxy groups -OCH3 is 1. The van der Waals surface area contributed by atoms with Gasteiger partial charge < -0.3 is 4.74 Å². The molecule has 0 fully saturated rings. The van der Waals surface area contributed by atoms with E-state index in [0.717, 1.165) is 6.07 Å². The highest BCUT2D eigenvalue weighted by atomic mass is 32.2. The van der Waals surface area contributed by atoms with Crippen LogP contribution in [0.1, 0.15) is 0 Å². The first-order chi connectivity index (χ1) is 10.2. The molecule has 0 heterocycles. The largest absolute Gasteiger partial charge is 0.497 e. The molecule has 0 saturated heterocycles. The molecule has 2 aromatic rings. The molecule has 3 N–H and O–H groups in total. The van der Waals surface area contributed by atoms with E-state index in [0.29, 0.717) is 11.4 Å². The number of nitrogens with two attached hydrogens (primary N) is 1. The lowest BCUT2D eigenvalue weighted by Gasteiger charge is -2.09. The molecule has 0 aliphatic carbocycles. The number of hydrogen-bond acceptors (Lipinski definition) is 5. The molecule has 118 valence electrons. The Morgan fingerprint density at radius 3 is 2.09 bits per heavy atom. The zero-order valence-electron chi connectivity index (χ0n) is 11.6. The molecule has 0 atom stereocenters. The van der Waals surface area contributed by atoms with Crippen LogP contribution in [-0.2, 0) is 20.0 Å². The van der Waals surface area contributed by atoms with Crippen molar-refractivity contribution in [3.63, 3.8) is 0 Å². The van der Waals surface area contributed by atoms with Crippen LogP contribution in [0.4, 0.5) is 5.69 Å². The van der Waals surface area contributed by atoms with Gasteiger partial charge in [-0.2, -0.15) is 0 Å². The van der Waals surface area contributed by atoms with Crippen LogP contribution in [0.5, 0.6) is 5.75 Å². The summed E-state index contributed by atoms with van der Waals surface area (Å²) in [6, 6.07) is 11.1. The van der Waals surface area contributed by atoms with Crippen molar-refractivity contribution in [2.75, 3.05) is 11.8 Å². The second-order valence-electron chi connectivity index (χ2n) is 4.35. The van der Waals surface area contributed by atoms with Crippen molar-refractivity contribution in [2.24, 2.45) is 5.14 Å². The van der Waals surface area contributed by atoms with E-state index in [1.165, 1.54) is 37.4 Å². The van der Waals surface area contributed by atoms with Crippen LogP contribution in [-0.4, -0.2) is 23.9 Å². The normalized spacial score (nSPS) is 11.9. The highest BCUT2D eigenvalue weighted by molar-refractivity contribution is 7.93. The molecule has 0 unspecified atom stereocenters. The molecule has 0 bridgehead atoms. The molecule has 0 spiro atoms. The van der Waals surface area contributed by atoms with E-state index in [1.54, 1.807) is 12.1 Å². The molecule has 0 amide bonds. The van der Waals surface area contributed by atoms with Gasteiger partial charge in [0, 0.05) is 5.69 Å². The minimum absolute atomic E-state index is 0.199. The lowest BCUT2D eigenvalue weighted by molar-refractivity contribution is 0.415. The van der Waals surface area contributed by atoms with Crippen LogP contribution in [0.15, 0.2) is 58.3 Å². The van der Waals surface area contributed by atoms with E-state index < -0.39 is 20.0 Å². The number of sulfonamides is 2. The minimum Gasteiger partial charge on any atom is -0.497 e. The molecule has 9 heteroatoms. The fourth-order valence-corrected chi connectivity index (χ4v) is 3.43. The van der Waals surface area contributed by atoms with Gasteiger partial charge in [0.15, 0.2) is 0 Å². The van der Waals surface area contributed by atoms with E-state index in [4.69, 9.17) is 9.88 Å². The van der Waals surface area contributed by atoms with Gasteiger partial charge in [0.2, 0.25) is 10.0 Å². The maximum Gasteiger partial charge on any atom is 0.261 e. The van der Waals surface area contributed by atoms with E-state index in [1.807, 2.05) is 0 Å². The van der Waals surface area contributed by atoms with Gasteiger partial charge >= 0.3 is 0 Å². The van der Waals surface area contributed by atoms with E-state index in [2.05, 4.69) is 4.72 Å². The molecule has 22 heavy (non-hydrogen) atoms. The number of hydrogen-bond donors (Lipinski definition) is 2. The van der Waals surface area contributed by atoms with Gasteiger partial charge in [0.1, 0.15) is 5.75 Å². The van der Waals surface area contributed by atoms with Crippen molar-refractivity contribution in [3.05, 3.63) is 48.5 Å². The predicted molar refractivity (Wildman–Crippen MR) is 81.6 cm³/mol. The Morgan fingerprint density at radius 1 is 0.955 bits per heavy atom.